The van der Waals surface area contributed by atoms with Crippen LogP contribution in [-0.4, -0.2) is 27.3 Å². The molecule has 1 heterocycles. The summed E-state index contributed by atoms with van der Waals surface area (Å²) in [5.74, 6) is 1.86. The Balaban J connectivity index is 1.52. The molecular weight excluding hydrogens is 488 g/mol. The van der Waals surface area contributed by atoms with E-state index in [4.69, 9.17) is 28.1 Å². The normalized spacial score (nSPS) is 11.1. The van der Waals surface area contributed by atoms with Crippen molar-refractivity contribution in [1.29, 1.82) is 0 Å². The first-order chi connectivity index (χ1) is 18.3. The Labute approximate surface area is 220 Å². The van der Waals surface area contributed by atoms with Gasteiger partial charge in [-0.05, 0) is 53.5 Å². The molecule has 4 rings (SSSR count). The largest absolute Gasteiger partial charge is 0.493 e. The molecule has 8 heteroatoms. The third-order valence-corrected chi connectivity index (χ3v) is 5.79. The quantitative estimate of drug-likeness (QED) is 0.144. The molecule has 0 unspecified atom stereocenters. The number of carbonyl (C=O) groups excluding carboxylic acids is 1. The van der Waals surface area contributed by atoms with E-state index in [-0.39, 0.29) is 28.4 Å². The number of ether oxygens (including phenoxy) is 5. The van der Waals surface area contributed by atoms with Crippen molar-refractivity contribution in [2.24, 2.45) is 0 Å². The summed E-state index contributed by atoms with van der Waals surface area (Å²) in [5.41, 5.74) is 1.56. The van der Waals surface area contributed by atoms with E-state index in [0.717, 1.165) is 5.56 Å². The van der Waals surface area contributed by atoms with E-state index in [1.54, 1.807) is 18.2 Å². The highest BCUT2D eigenvalue weighted by molar-refractivity contribution is 5.89. The Morgan fingerprint density at radius 1 is 0.868 bits per heavy atom. The van der Waals surface area contributed by atoms with Gasteiger partial charge in [0, 0.05) is 12.1 Å². The smallest absolute Gasteiger partial charge is 0.336 e. The van der Waals surface area contributed by atoms with E-state index >= 15 is 0 Å². The molecule has 0 amide bonds. The summed E-state index contributed by atoms with van der Waals surface area (Å²) >= 11 is 0. The molecule has 0 fully saturated rings. The summed E-state index contributed by atoms with van der Waals surface area (Å²) in [4.78, 5) is 25.5. The lowest BCUT2D eigenvalue weighted by Gasteiger charge is -2.13. The van der Waals surface area contributed by atoms with Crippen molar-refractivity contribution in [3.63, 3.8) is 0 Å². The van der Waals surface area contributed by atoms with Crippen molar-refractivity contribution < 1.29 is 32.9 Å². The van der Waals surface area contributed by atoms with E-state index < -0.39 is 5.97 Å². The van der Waals surface area contributed by atoms with E-state index in [2.05, 4.69) is 0 Å². The van der Waals surface area contributed by atoms with Gasteiger partial charge in [-0.25, -0.2) is 4.79 Å². The molecule has 0 atom stereocenters. The third kappa shape index (κ3) is 5.64. The van der Waals surface area contributed by atoms with Gasteiger partial charge in [-0.3, -0.25) is 4.79 Å². The molecule has 0 aliphatic carbocycles. The molecule has 3 aromatic carbocycles. The number of carbonyl (C=O) groups is 1. The van der Waals surface area contributed by atoms with E-state index in [9.17, 15) is 9.59 Å². The Morgan fingerprint density at radius 3 is 2.24 bits per heavy atom. The van der Waals surface area contributed by atoms with Crippen LogP contribution in [0, 0.1) is 0 Å². The third-order valence-electron chi connectivity index (χ3n) is 5.79. The van der Waals surface area contributed by atoms with Crippen molar-refractivity contribution >= 4 is 23.0 Å². The minimum atomic E-state index is -0.620. The summed E-state index contributed by atoms with van der Waals surface area (Å²) in [6.07, 6.45) is 4.09. The van der Waals surface area contributed by atoms with Crippen LogP contribution in [0.4, 0.5) is 0 Å². The van der Waals surface area contributed by atoms with Crippen LogP contribution in [0.3, 0.4) is 0 Å². The summed E-state index contributed by atoms with van der Waals surface area (Å²) in [6.45, 7) is 4.10. The van der Waals surface area contributed by atoms with Crippen LogP contribution in [0.25, 0.3) is 17.0 Å². The standard InChI is InChI=1S/C30H28O8/c1-18(2)21-8-6-7-9-23(21)38-27-17-36-24-16-20(11-12-22(24)29(27)32)37-28(31)13-10-19-14-25(33-3)30(35-5)26(15-19)34-4/h6-18H,1-5H3/b13-10+. The van der Waals surface area contributed by atoms with Gasteiger partial charge in [0.05, 0.1) is 26.7 Å². The average molecular weight is 517 g/mol. The van der Waals surface area contributed by atoms with Gasteiger partial charge >= 0.3 is 5.97 Å². The number of fused-ring (bicyclic) bond motifs is 1. The SMILES string of the molecule is COc1cc(/C=C/C(=O)Oc2ccc3c(=O)c(Oc4ccccc4C(C)C)coc3c2)cc(OC)c1OC. The predicted octanol–water partition coefficient (Wildman–Crippen LogP) is 6.35. The number of esters is 1. The minimum Gasteiger partial charge on any atom is -0.493 e. The molecule has 0 aliphatic heterocycles. The molecule has 4 aromatic rings. The first-order valence-electron chi connectivity index (χ1n) is 11.9. The summed E-state index contributed by atoms with van der Waals surface area (Å²) in [6, 6.07) is 15.5. The zero-order valence-electron chi connectivity index (χ0n) is 21.8. The van der Waals surface area contributed by atoms with Crippen molar-refractivity contribution in [3.05, 3.63) is 88.3 Å². The van der Waals surface area contributed by atoms with Crippen LogP contribution >= 0.6 is 0 Å². The van der Waals surface area contributed by atoms with Gasteiger partial charge in [0.25, 0.3) is 0 Å². The fourth-order valence-corrected chi connectivity index (χ4v) is 3.91. The lowest BCUT2D eigenvalue weighted by Crippen LogP contribution is -2.07. The first-order valence-corrected chi connectivity index (χ1v) is 11.9. The number of hydrogen-bond acceptors (Lipinski definition) is 8. The molecule has 0 bridgehead atoms. The van der Waals surface area contributed by atoms with Crippen molar-refractivity contribution in [3.8, 4) is 34.5 Å². The van der Waals surface area contributed by atoms with Gasteiger partial charge in [0.1, 0.15) is 23.3 Å². The van der Waals surface area contributed by atoms with Gasteiger partial charge in [0.2, 0.25) is 16.9 Å². The second-order valence-electron chi connectivity index (χ2n) is 8.59. The summed E-state index contributed by atoms with van der Waals surface area (Å²) in [7, 11) is 4.53. The molecule has 0 aliphatic rings. The topological polar surface area (TPSA) is 93.4 Å². The van der Waals surface area contributed by atoms with Gasteiger partial charge < -0.3 is 28.1 Å². The lowest BCUT2D eigenvalue weighted by atomic mass is 10.0. The zero-order chi connectivity index (χ0) is 27.2. The highest BCUT2D eigenvalue weighted by Crippen LogP contribution is 2.38. The molecule has 38 heavy (non-hydrogen) atoms. The second kappa shape index (κ2) is 11.6. The van der Waals surface area contributed by atoms with Crippen molar-refractivity contribution in [1.82, 2.24) is 0 Å². The van der Waals surface area contributed by atoms with E-state index in [1.165, 1.54) is 51.9 Å². The van der Waals surface area contributed by atoms with E-state index in [1.807, 2.05) is 38.1 Å². The molecule has 0 saturated carbocycles. The molecule has 0 N–H and O–H groups in total. The molecule has 0 spiro atoms. The highest BCUT2D eigenvalue weighted by Gasteiger charge is 2.15. The number of benzene rings is 3. The maximum absolute atomic E-state index is 13.0. The molecular formula is C30H28O8. The summed E-state index contributed by atoms with van der Waals surface area (Å²) < 4.78 is 32.9. The number of methoxy groups -OCH3 is 3. The Hall–Kier alpha value is -4.72. The Kier molecular flexibility index (Phi) is 8.01. The number of hydrogen-bond donors (Lipinski definition) is 0. The fourth-order valence-electron chi connectivity index (χ4n) is 3.91. The highest BCUT2D eigenvalue weighted by atomic mass is 16.5. The van der Waals surface area contributed by atoms with Crippen molar-refractivity contribution in [2.75, 3.05) is 21.3 Å². The van der Waals surface area contributed by atoms with Crippen LogP contribution in [0.15, 0.2) is 76.1 Å². The zero-order valence-corrected chi connectivity index (χ0v) is 21.8. The molecule has 0 radical (unpaired) electrons. The van der Waals surface area contributed by atoms with Gasteiger partial charge in [-0.15, -0.1) is 0 Å². The maximum Gasteiger partial charge on any atom is 0.336 e. The molecule has 0 saturated heterocycles. The fraction of sp³-hybridized carbons (Fsp3) is 0.200. The average Bonchev–Trinajstić information content (AvgIpc) is 2.92. The minimum absolute atomic E-state index is 0.0728. The Morgan fingerprint density at radius 2 is 1.58 bits per heavy atom. The van der Waals surface area contributed by atoms with Crippen LogP contribution in [0.2, 0.25) is 0 Å². The van der Waals surface area contributed by atoms with E-state index in [0.29, 0.717) is 33.9 Å². The van der Waals surface area contributed by atoms with Gasteiger partial charge in [0.15, 0.2) is 11.5 Å². The maximum atomic E-state index is 13.0. The Bertz CT molecular complexity index is 1520. The van der Waals surface area contributed by atoms with Gasteiger partial charge in [-0.1, -0.05) is 32.0 Å². The lowest BCUT2D eigenvalue weighted by molar-refractivity contribution is -0.128. The molecule has 1 aromatic heterocycles. The van der Waals surface area contributed by atoms with Crippen LogP contribution < -0.4 is 29.1 Å². The number of rotatable bonds is 9. The van der Waals surface area contributed by atoms with Crippen LogP contribution in [0.1, 0.15) is 30.9 Å². The summed E-state index contributed by atoms with van der Waals surface area (Å²) in [5, 5.41) is 0.303. The predicted molar refractivity (Wildman–Crippen MR) is 144 cm³/mol. The first kappa shape index (κ1) is 26.3. The number of para-hydroxylation sites is 1. The van der Waals surface area contributed by atoms with Crippen LogP contribution in [-0.2, 0) is 4.79 Å². The van der Waals surface area contributed by atoms with Crippen LogP contribution in [0.5, 0.6) is 34.5 Å². The molecule has 8 nitrogen and oxygen atoms in total. The van der Waals surface area contributed by atoms with Gasteiger partial charge in [-0.2, -0.15) is 0 Å². The monoisotopic (exact) mass is 516 g/mol. The second-order valence-corrected chi connectivity index (χ2v) is 8.59. The molecule has 196 valence electrons. The van der Waals surface area contributed by atoms with Crippen molar-refractivity contribution in [2.45, 2.75) is 19.8 Å².